The van der Waals surface area contributed by atoms with Crippen molar-refractivity contribution >= 4 is 16.9 Å². The molecule has 1 fully saturated rings. The van der Waals surface area contributed by atoms with Crippen molar-refractivity contribution in [2.75, 3.05) is 32.2 Å². The van der Waals surface area contributed by atoms with Crippen LogP contribution in [0.3, 0.4) is 0 Å². The van der Waals surface area contributed by atoms with E-state index >= 15 is 0 Å². The van der Waals surface area contributed by atoms with Crippen molar-refractivity contribution in [3.05, 3.63) is 41.2 Å². The van der Waals surface area contributed by atoms with Crippen LogP contribution in [0.2, 0.25) is 0 Å². The lowest BCUT2D eigenvalue weighted by Crippen LogP contribution is -2.20. The van der Waals surface area contributed by atoms with Crippen LogP contribution in [0.15, 0.2) is 24.4 Å². The number of methoxy groups -OCH3 is 1. The van der Waals surface area contributed by atoms with Crippen LogP contribution >= 0.6 is 0 Å². The van der Waals surface area contributed by atoms with Crippen molar-refractivity contribution < 1.29 is 9.47 Å². The average Bonchev–Trinajstić information content (AvgIpc) is 3.44. The highest BCUT2D eigenvalue weighted by atomic mass is 16.5. The number of anilines is 1. The molecule has 6 heteroatoms. The molecule has 0 amide bonds. The Morgan fingerprint density at radius 1 is 1.24 bits per heavy atom. The molecule has 0 radical (unpaired) electrons. The normalized spacial score (nSPS) is 17.2. The molecule has 3 aromatic heterocycles. The van der Waals surface area contributed by atoms with E-state index < -0.39 is 0 Å². The van der Waals surface area contributed by atoms with E-state index in [0.717, 1.165) is 60.7 Å². The van der Waals surface area contributed by atoms with Crippen LogP contribution in [0.25, 0.3) is 22.3 Å². The molecular formula is C27H38N4O2. The van der Waals surface area contributed by atoms with Crippen LogP contribution < -0.4 is 5.32 Å². The number of hydrogen-bond acceptors (Lipinski definition) is 5. The third kappa shape index (κ3) is 4.92. The van der Waals surface area contributed by atoms with E-state index in [0.29, 0.717) is 12.5 Å². The summed E-state index contributed by atoms with van der Waals surface area (Å²) < 4.78 is 13.5. The minimum atomic E-state index is 0.249. The molecule has 4 rings (SSSR count). The lowest BCUT2D eigenvalue weighted by Gasteiger charge is -2.19. The smallest absolute Gasteiger partial charge is 0.135 e. The van der Waals surface area contributed by atoms with Gasteiger partial charge in [-0.25, -0.2) is 9.97 Å². The van der Waals surface area contributed by atoms with E-state index in [1.807, 2.05) is 0 Å². The molecule has 0 aliphatic carbocycles. The van der Waals surface area contributed by atoms with Crippen LogP contribution in [0.5, 0.6) is 0 Å². The maximum absolute atomic E-state index is 5.84. The molecule has 1 N–H and O–H groups in total. The minimum Gasteiger partial charge on any atom is -0.383 e. The van der Waals surface area contributed by atoms with E-state index in [9.17, 15) is 0 Å². The first-order chi connectivity index (χ1) is 15.9. The fourth-order valence-electron chi connectivity index (χ4n) is 4.70. The lowest BCUT2D eigenvalue weighted by atomic mass is 10.0. The summed E-state index contributed by atoms with van der Waals surface area (Å²) in [4.78, 5) is 10.2. The van der Waals surface area contributed by atoms with Crippen LogP contribution in [0.4, 0.5) is 5.82 Å². The summed E-state index contributed by atoms with van der Waals surface area (Å²) in [6, 6.07) is 6.88. The Hall–Kier alpha value is -2.44. The Morgan fingerprint density at radius 2 is 2.06 bits per heavy atom. The SMILES string of the molecule is CCc1cc2c(nc1-c1ccc(C(C)C)nc1NC[C@@H]1CCCO1)c(C)cn2[C@@H](C)COC. The molecule has 0 unspecified atom stereocenters. The van der Waals surface area contributed by atoms with Gasteiger partial charge in [-0.15, -0.1) is 0 Å². The largest absolute Gasteiger partial charge is 0.383 e. The maximum atomic E-state index is 5.84. The third-order valence-corrected chi connectivity index (χ3v) is 6.61. The summed E-state index contributed by atoms with van der Waals surface area (Å²) >= 11 is 0. The van der Waals surface area contributed by atoms with Crippen LogP contribution in [-0.4, -0.2) is 47.5 Å². The highest BCUT2D eigenvalue weighted by Gasteiger charge is 2.21. The quantitative estimate of drug-likeness (QED) is 0.440. The number of hydrogen-bond donors (Lipinski definition) is 1. The molecule has 0 aromatic carbocycles. The van der Waals surface area contributed by atoms with E-state index in [4.69, 9.17) is 19.4 Å². The van der Waals surface area contributed by atoms with E-state index in [-0.39, 0.29) is 12.1 Å². The summed E-state index contributed by atoms with van der Waals surface area (Å²) in [5.41, 5.74) is 7.78. The molecule has 4 heterocycles. The molecule has 178 valence electrons. The van der Waals surface area contributed by atoms with Crippen molar-refractivity contribution in [3.63, 3.8) is 0 Å². The van der Waals surface area contributed by atoms with E-state index in [2.05, 4.69) is 68.9 Å². The van der Waals surface area contributed by atoms with Gasteiger partial charge in [0.15, 0.2) is 0 Å². The van der Waals surface area contributed by atoms with Gasteiger partial charge in [0.25, 0.3) is 0 Å². The highest BCUT2D eigenvalue weighted by molar-refractivity contribution is 5.86. The Morgan fingerprint density at radius 3 is 2.73 bits per heavy atom. The zero-order valence-corrected chi connectivity index (χ0v) is 20.9. The summed E-state index contributed by atoms with van der Waals surface area (Å²) in [5, 5.41) is 3.61. The van der Waals surface area contributed by atoms with Crippen molar-refractivity contribution in [1.29, 1.82) is 0 Å². The molecule has 33 heavy (non-hydrogen) atoms. The molecule has 1 aliphatic rings. The molecule has 0 saturated carbocycles. The zero-order chi connectivity index (χ0) is 23.5. The Labute approximate surface area is 197 Å². The Balaban J connectivity index is 1.80. The van der Waals surface area contributed by atoms with Gasteiger partial charge in [0.1, 0.15) is 5.82 Å². The molecular weight excluding hydrogens is 412 g/mol. The van der Waals surface area contributed by atoms with Gasteiger partial charge in [-0.05, 0) is 68.4 Å². The monoisotopic (exact) mass is 450 g/mol. The van der Waals surface area contributed by atoms with Gasteiger partial charge in [0.2, 0.25) is 0 Å². The second-order valence-corrected chi connectivity index (χ2v) is 9.54. The molecule has 2 atom stereocenters. The van der Waals surface area contributed by atoms with Gasteiger partial charge < -0.3 is 19.4 Å². The van der Waals surface area contributed by atoms with Crippen molar-refractivity contribution in [2.45, 2.75) is 71.9 Å². The Kier molecular flexibility index (Phi) is 7.35. The number of nitrogens with one attached hydrogen (secondary N) is 1. The third-order valence-electron chi connectivity index (χ3n) is 6.61. The second-order valence-electron chi connectivity index (χ2n) is 9.54. The van der Waals surface area contributed by atoms with Crippen molar-refractivity contribution in [3.8, 4) is 11.3 Å². The first kappa shape index (κ1) is 23.7. The van der Waals surface area contributed by atoms with Crippen molar-refractivity contribution in [2.24, 2.45) is 0 Å². The first-order valence-corrected chi connectivity index (χ1v) is 12.3. The molecule has 0 bridgehead atoms. The molecule has 1 saturated heterocycles. The van der Waals surface area contributed by atoms with E-state index in [1.165, 1.54) is 16.6 Å². The topological polar surface area (TPSA) is 61.2 Å². The standard InChI is InChI=1S/C27H38N4O2/c1-7-20-13-24-25(18(4)15-31(24)19(5)16-32-6)30-26(20)22-10-11-23(17(2)3)29-27(22)28-14-21-9-8-12-33-21/h10-11,13,15,17,19,21H,7-9,12,14,16H2,1-6H3,(H,28,29)/t19-,21-/m0/s1. The summed E-state index contributed by atoms with van der Waals surface area (Å²) in [5.74, 6) is 1.27. The Bertz CT molecular complexity index is 1100. The fourth-order valence-corrected chi connectivity index (χ4v) is 4.70. The van der Waals surface area contributed by atoms with Gasteiger partial charge in [-0.2, -0.15) is 0 Å². The summed E-state index contributed by atoms with van der Waals surface area (Å²) in [7, 11) is 1.75. The molecule has 0 spiro atoms. The van der Waals surface area contributed by atoms with Crippen LogP contribution in [0, 0.1) is 6.92 Å². The number of aromatic nitrogens is 3. The molecule has 6 nitrogen and oxygen atoms in total. The first-order valence-electron chi connectivity index (χ1n) is 12.3. The summed E-state index contributed by atoms with van der Waals surface area (Å²) in [6.45, 7) is 13.2. The van der Waals surface area contributed by atoms with E-state index in [1.54, 1.807) is 7.11 Å². The fraction of sp³-hybridized carbons (Fsp3) is 0.556. The number of nitrogens with zero attached hydrogens (tertiary/aromatic N) is 3. The number of aryl methyl sites for hydroxylation is 2. The minimum absolute atomic E-state index is 0.249. The average molecular weight is 451 g/mol. The second kappa shape index (κ2) is 10.2. The maximum Gasteiger partial charge on any atom is 0.135 e. The number of fused-ring (bicyclic) bond motifs is 1. The van der Waals surface area contributed by atoms with Gasteiger partial charge in [-0.3, -0.25) is 0 Å². The van der Waals surface area contributed by atoms with Gasteiger partial charge in [0, 0.05) is 37.7 Å². The molecule has 3 aromatic rings. The summed E-state index contributed by atoms with van der Waals surface area (Å²) in [6.07, 6.45) is 5.58. The lowest BCUT2D eigenvalue weighted by molar-refractivity contribution is 0.120. The number of ether oxygens (including phenoxy) is 2. The van der Waals surface area contributed by atoms with Gasteiger partial charge in [-0.1, -0.05) is 20.8 Å². The van der Waals surface area contributed by atoms with Crippen LogP contribution in [0.1, 0.15) is 69.3 Å². The predicted octanol–water partition coefficient (Wildman–Crippen LogP) is 5.89. The number of rotatable bonds is 9. The highest BCUT2D eigenvalue weighted by Crippen LogP contribution is 2.34. The van der Waals surface area contributed by atoms with Gasteiger partial charge in [0.05, 0.1) is 35.5 Å². The van der Waals surface area contributed by atoms with Crippen molar-refractivity contribution in [1.82, 2.24) is 14.5 Å². The zero-order valence-electron chi connectivity index (χ0n) is 20.9. The van der Waals surface area contributed by atoms with Gasteiger partial charge >= 0.3 is 0 Å². The van der Waals surface area contributed by atoms with Crippen LogP contribution in [-0.2, 0) is 15.9 Å². The number of pyridine rings is 2. The predicted molar refractivity (Wildman–Crippen MR) is 135 cm³/mol. The molecule has 1 aliphatic heterocycles.